The average Bonchev–Trinajstić information content (AvgIpc) is 3.16. The van der Waals surface area contributed by atoms with Gasteiger partial charge in [0.05, 0.1) is 0 Å². The van der Waals surface area contributed by atoms with Gasteiger partial charge >= 0.3 is 0 Å². The van der Waals surface area contributed by atoms with Gasteiger partial charge in [0, 0.05) is 40.9 Å². The van der Waals surface area contributed by atoms with E-state index < -0.39 is 0 Å². The van der Waals surface area contributed by atoms with E-state index in [-0.39, 0.29) is 47.5 Å². The van der Waals surface area contributed by atoms with Crippen LogP contribution < -0.4 is 19.9 Å². The van der Waals surface area contributed by atoms with Crippen LogP contribution in [0, 0.1) is 5.92 Å². The van der Waals surface area contributed by atoms with Gasteiger partial charge in [0.25, 0.3) is 5.91 Å². The van der Waals surface area contributed by atoms with Gasteiger partial charge in [0.1, 0.15) is 31.2 Å². The summed E-state index contributed by atoms with van der Waals surface area (Å²) >= 11 is 1.82. The Balaban J connectivity index is 1.35. The Kier molecular flexibility index (Phi) is 5.84. The molecule has 0 spiro atoms. The molecule has 1 saturated carbocycles. The van der Waals surface area contributed by atoms with Gasteiger partial charge in [-0.15, -0.1) is 11.8 Å². The zero-order valence-electron chi connectivity index (χ0n) is 22.4. The third kappa shape index (κ3) is 4.03. The van der Waals surface area contributed by atoms with Gasteiger partial charge in [0.2, 0.25) is 5.43 Å². The Hall–Kier alpha value is -4.17. The van der Waals surface area contributed by atoms with Gasteiger partial charge in [-0.3, -0.25) is 19.3 Å². The average molecular weight is 564 g/mol. The number of benzene rings is 3. The fraction of sp³-hybridized carbons (Fsp3) is 0.273. The summed E-state index contributed by atoms with van der Waals surface area (Å²) in [5.41, 5.74) is 4.43. The highest BCUT2D eigenvalue weighted by molar-refractivity contribution is 7.98. The van der Waals surface area contributed by atoms with E-state index in [1.165, 1.54) is 16.5 Å². The molecule has 206 valence electrons. The van der Waals surface area contributed by atoms with Crippen molar-refractivity contribution in [3.63, 3.8) is 0 Å². The predicted molar refractivity (Wildman–Crippen MR) is 157 cm³/mol. The molecule has 8 rings (SSSR count). The first kappa shape index (κ1) is 24.6. The van der Waals surface area contributed by atoms with E-state index in [0.29, 0.717) is 13.2 Å². The van der Waals surface area contributed by atoms with Crippen LogP contribution in [0.4, 0.5) is 0 Å². The molecule has 3 unspecified atom stereocenters. The Labute approximate surface area is 242 Å². The number of fused-ring (bicyclic) bond motifs is 8. The molecule has 0 saturated heterocycles. The quantitative estimate of drug-likeness (QED) is 0.335. The normalized spacial score (nSPS) is 22.1. The predicted octanol–water partition coefficient (Wildman–Crippen LogP) is 5.34. The summed E-state index contributed by atoms with van der Waals surface area (Å²) in [4.78, 5) is 30.6. The van der Waals surface area contributed by atoms with Crippen LogP contribution in [-0.2, 0) is 12.4 Å². The second kappa shape index (κ2) is 9.73. The molecule has 1 amide bonds. The lowest BCUT2D eigenvalue weighted by Crippen LogP contribution is -2.58. The van der Waals surface area contributed by atoms with Crippen molar-refractivity contribution in [3.8, 4) is 11.5 Å². The lowest BCUT2D eigenvalue weighted by atomic mass is 9.81. The first-order valence-corrected chi connectivity index (χ1v) is 15.1. The van der Waals surface area contributed by atoms with Crippen molar-refractivity contribution in [2.45, 2.75) is 42.2 Å². The number of ether oxygens (including phenoxy) is 2. The maximum absolute atomic E-state index is 14.2. The molecule has 4 aliphatic rings. The van der Waals surface area contributed by atoms with Crippen molar-refractivity contribution in [3.05, 3.63) is 123 Å². The summed E-state index contributed by atoms with van der Waals surface area (Å²) in [6.45, 7) is 1.17. The molecule has 41 heavy (non-hydrogen) atoms. The molecule has 3 aromatic carbocycles. The zero-order chi connectivity index (χ0) is 27.5. The van der Waals surface area contributed by atoms with Crippen molar-refractivity contribution >= 4 is 17.7 Å². The molecule has 0 N–H and O–H groups in total. The minimum Gasteiger partial charge on any atom is -0.490 e. The van der Waals surface area contributed by atoms with Crippen LogP contribution in [0.25, 0.3) is 0 Å². The van der Waals surface area contributed by atoms with Gasteiger partial charge in [-0.2, -0.15) is 0 Å². The molecular weight excluding hydrogens is 534 g/mol. The van der Waals surface area contributed by atoms with Crippen LogP contribution in [0.2, 0.25) is 0 Å². The van der Waals surface area contributed by atoms with Gasteiger partial charge < -0.3 is 14.4 Å². The Morgan fingerprint density at radius 3 is 2.63 bits per heavy atom. The highest BCUT2D eigenvalue weighted by atomic mass is 32.2. The maximum atomic E-state index is 14.2. The number of carbonyl (C=O) groups is 1. The van der Waals surface area contributed by atoms with E-state index in [2.05, 4.69) is 47.5 Å². The molecule has 3 aliphatic heterocycles. The van der Waals surface area contributed by atoms with Crippen LogP contribution in [-0.4, -0.2) is 34.8 Å². The second-order valence-electron chi connectivity index (χ2n) is 11.1. The highest BCUT2D eigenvalue weighted by Crippen LogP contribution is 2.48. The molecule has 4 aromatic rings. The number of hydrogen-bond acceptors (Lipinski definition) is 6. The number of rotatable bonds is 3. The SMILES string of the molecule is O=C1c2c(OCc3ccccc3)c(=O)ccn2N2CN1CC1CCC1Oc1cccc3c1C2c1ccccc1SC3. The molecule has 1 aliphatic carbocycles. The molecule has 4 heterocycles. The first-order valence-electron chi connectivity index (χ1n) is 14.1. The number of hydrogen-bond donors (Lipinski definition) is 0. The minimum absolute atomic E-state index is 0.0568. The van der Waals surface area contributed by atoms with Crippen molar-refractivity contribution in [1.29, 1.82) is 0 Å². The largest absolute Gasteiger partial charge is 0.490 e. The number of aromatic nitrogens is 1. The topological polar surface area (TPSA) is 64.0 Å². The number of pyridine rings is 1. The van der Waals surface area contributed by atoms with Crippen molar-refractivity contribution in [1.82, 2.24) is 9.58 Å². The summed E-state index contributed by atoms with van der Waals surface area (Å²) in [6.07, 6.45) is 3.76. The lowest BCUT2D eigenvalue weighted by molar-refractivity contribution is 0.0135. The smallest absolute Gasteiger partial charge is 0.277 e. The molecule has 8 heteroatoms. The van der Waals surface area contributed by atoms with Gasteiger partial charge in [-0.05, 0) is 41.7 Å². The zero-order valence-corrected chi connectivity index (χ0v) is 23.3. The third-order valence-corrected chi connectivity index (χ3v) is 9.89. The highest BCUT2D eigenvalue weighted by Gasteiger charge is 2.44. The van der Waals surface area contributed by atoms with Crippen LogP contribution in [0.3, 0.4) is 0 Å². The third-order valence-electron chi connectivity index (χ3n) is 8.75. The van der Waals surface area contributed by atoms with E-state index in [0.717, 1.165) is 41.0 Å². The Morgan fingerprint density at radius 2 is 1.78 bits per heavy atom. The summed E-state index contributed by atoms with van der Waals surface area (Å²) in [6, 6.07) is 25.9. The molecule has 1 fully saturated rings. The molecule has 2 bridgehead atoms. The van der Waals surface area contributed by atoms with Gasteiger partial charge in [-0.25, -0.2) is 0 Å². The van der Waals surface area contributed by atoms with Crippen LogP contribution in [0.1, 0.15) is 51.6 Å². The lowest BCUT2D eigenvalue weighted by Gasteiger charge is -2.48. The van der Waals surface area contributed by atoms with Crippen LogP contribution >= 0.6 is 11.8 Å². The minimum atomic E-state index is -0.294. The van der Waals surface area contributed by atoms with E-state index >= 15 is 0 Å². The Morgan fingerprint density at radius 1 is 0.927 bits per heavy atom. The molecule has 7 nitrogen and oxygen atoms in total. The van der Waals surface area contributed by atoms with E-state index in [1.54, 1.807) is 6.20 Å². The van der Waals surface area contributed by atoms with Gasteiger partial charge in [0.15, 0.2) is 11.4 Å². The number of carbonyl (C=O) groups excluding carboxylic acids is 1. The molecule has 3 atom stereocenters. The maximum Gasteiger partial charge on any atom is 0.277 e. The fourth-order valence-corrected chi connectivity index (χ4v) is 7.61. The summed E-state index contributed by atoms with van der Waals surface area (Å²) in [7, 11) is 0. The summed E-state index contributed by atoms with van der Waals surface area (Å²) in [5.74, 6) is 1.88. The van der Waals surface area contributed by atoms with E-state index in [9.17, 15) is 9.59 Å². The molecule has 1 aromatic heterocycles. The standard InChI is InChI=1S/C33H29N3O4S/c37-25-15-16-35-31(32(25)39-18-21-7-2-1-3-8-21)33(38)34-17-22-13-14-26(22)40-27-11-6-9-23-19-41-28-12-5-4-10-24(28)30(29(23)27)36(35)20-34/h1-12,15-16,22,26,30H,13-14,17-20H2. The van der Waals surface area contributed by atoms with Crippen LogP contribution in [0.15, 0.2) is 94.7 Å². The molecular formula is C33H29N3O4S. The fourth-order valence-electron chi connectivity index (χ4n) is 6.53. The van der Waals surface area contributed by atoms with Crippen molar-refractivity contribution in [2.75, 3.05) is 18.2 Å². The van der Waals surface area contributed by atoms with Crippen LogP contribution in [0.5, 0.6) is 11.5 Å². The van der Waals surface area contributed by atoms with E-state index in [4.69, 9.17) is 9.47 Å². The number of thioether (sulfide) groups is 1. The summed E-state index contributed by atoms with van der Waals surface area (Å²) < 4.78 is 14.8. The first-order chi connectivity index (χ1) is 20.2. The van der Waals surface area contributed by atoms with E-state index in [1.807, 2.05) is 51.7 Å². The monoisotopic (exact) mass is 563 g/mol. The van der Waals surface area contributed by atoms with Crippen molar-refractivity contribution < 1.29 is 14.3 Å². The number of amides is 1. The second-order valence-corrected chi connectivity index (χ2v) is 12.2. The van der Waals surface area contributed by atoms with Gasteiger partial charge in [-0.1, -0.05) is 60.7 Å². The summed E-state index contributed by atoms with van der Waals surface area (Å²) in [5, 5.41) is 2.21. The molecule has 0 radical (unpaired) electrons. The number of nitrogens with zero attached hydrogens (tertiary/aromatic N) is 3. The Bertz CT molecular complexity index is 1720. The van der Waals surface area contributed by atoms with Crippen molar-refractivity contribution in [2.24, 2.45) is 5.92 Å².